The lowest BCUT2D eigenvalue weighted by molar-refractivity contribution is 0.0521. The second kappa shape index (κ2) is 6.16. The van der Waals surface area contributed by atoms with Crippen LogP contribution in [0.4, 0.5) is 10.7 Å². The maximum Gasteiger partial charge on any atom is 0.360 e. The third kappa shape index (κ3) is 3.54. The fourth-order valence-electron chi connectivity index (χ4n) is 1.62. The van der Waals surface area contributed by atoms with Gasteiger partial charge in [-0.15, -0.1) is 11.3 Å². The highest BCUT2D eigenvalue weighted by Crippen LogP contribution is 2.28. The van der Waals surface area contributed by atoms with Gasteiger partial charge in [0.2, 0.25) is 0 Å². The van der Waals surface area contributed by atoms with Crippen LogP contribution in [0.1, 0.15) is 23.0 Å². The number of hydrogen-bond acceptors (Lipinski definition) is 5. The molecule has 0 fully saturated rings. The van der Waals surface area contributed by atoms with Gasteiger partial charge >= 0.3 is 5.97 Å². The van der Waals surface area contributed by atoms with E-state index in [2.05, 4.69) is 26.2 Å². The number of hydrogen-bond donors (Lipinski definition) is 1. The normalized spacial score (nSPS) is 10.3. The predicted octanol–water partition coefficient (Wildman–Crippen LogP) is 4.13. The van der Waals surface area contributed by atoms with Gasteiger partial charge in [-0.25, -0.2) is 9.78 Å². The van der Waals surface area contributed by atoms with Crippen molar-refractivity contribution >= 4 is 43.9 Å². The zero-order valence-electron chi connectivity index (χ0n) is 10.6. The first-order valence-electron chi connectivity index (χ1n) is 5.75. The summed E-state index contributed by atoms with van der Waals surface area (Å²) in [5, 5.41) is 3.89. The molecule has 1 aromatic heterocycles. The van der Waals surface area contributed by atoms with Gasteiger partial charge in [-0.2, -0.15) is 0 Å². The molecule has 0 amide bonds. The number of ether oxygens (including phenoxy) is 1. The SMILES string of the molecule is CCOC(=O)c1ncsc1Nc1cc(C)cc(Br)c1. The molecule has 0 radical (unpaired) electrons. The van der Waals surface area contributed by atoms with Crippen molar-refractivity contribution in [1.29, 1.82) is 0 Å². The van der Waals surface area contributed by atoms with E-state index in [1.807, 2.05) is 25.1 Å². The third-order valence-corrected chi connectivity index (χ3v) is 3.54. The molecule has 0 spiro atoms. The smallest absolute Gasteiger partial charge is 0.360 e. The van der Waals surface area contributed by atoms with E-state index in [-0.39, 0.29) is 0 Å². The monoisotopic (exact) mass is 340 g/mol. The Balaban J connectivity index is 2.24. The molecule has 0 saturated carbocycles. The number of carbonyl (C=O) groups excluding carboxylic acids is 1. The molecule has 0 saturated heterocycles. The zero-order chi connectivity index (χ0) is 13.8. The summed E-state index contributed by atoms with van der Waals surface area (Å²) in [6.07, 6.45) is 0. The van der Waals surface area contributed by atoms with E-state index in [1.165, 1.54) is 11.3 Å². The summed E-state index contributed by atoms with van der Waals surface area (Å²) in [4.78, 5) is 15.8. The maximum atomic E-state index is 11.7. The van der Waals surface area contributed by atoms with E-state index in [4.69, 9.17) is 4.74 Å². The Morgan fingerprint density at radius 1 is 1.47 bits per heavy atom. The Morgan fingerprint density at radius 2 is 2.26 bits per heavy atom. The number of nitrogens with zero attached hydrogens (tertiary/aromatic N) is 1. The van der Waals surface area contributed by atoms with E-state index >= 15 is 0 Å². The Bertz CT molecular complexity index is 578. The lowest BCUT2D eigenvalue weighted by atomic mass is 10.2. The van der Waals surface area contributed by atoms with Crippen LogP contribution >= 0.6 is 27.3 Å². The van der Waals surface area contributed by atoms with Crippen LogP contribution in [0.3, 0.4) is 0 Å². The van der Waals surface area contributed by atoms with Crippen LogP contribution < -0.4 is 5.32 Å². The number of anilines is 2. The minimum Gasteiger partial charge on any atom is -0.461 e. The van der Waals surface area contributed by atoms with Crippen LogP contribution in [0.5, 0.6) is 0 Å². The number of aromatic nitrogens is 1. The number of thiazole rings is 1. The molecule has 0 aliphatic rings. The Kier molecular flexibility index (Phi) is 4.55. The molecule has 4 nitrogen and oxygen atoms in total. The molecular weight excluding hydrogens is 328 g/mol. The molecule has 100 valence electrons. The number of nitrogens with one attached hydrogen (secondary N) is 1. The minimum absolute atomic E-state index is 0.324. The van der Waals surface area contributed by atoms with Crippen molar-refractivity contribution in [3.63, 3.8) is 0 Å². The van der Waals surface area contributed by atoms with Crippen molar-refractivity contribution in [3.05, 3.63) is 39.4 Å². The van der Waals surface area contributed by atoms with Crippen LogP contribution in [0.2, 0.25) is 0 Å². The van der Waals surface area contributed by atoms with Gasteiger partial charge in [0.05, 0.1) is 12.1 Å². The average Bonchev–Trinajstić information content (AvgIpc) is 2.76. The standard InChI is InChI=1S/C13H13BrN2O2S/c1-3-18-13(17)11-12(19-7-15-11)16-10-5-8(2)4-9(14)6-10/h4-7,16H,3H2,1-2H3. The van der Waals surface area contributed by atoms with E-state index < -0.39 is 5.97 Å². The van der Waals surface area contributed by atoms with Crippen molar-refractivity contribution in [3.8, 4) is 0 Å². The number of carbonyl (C=O) groups is 1. The molecule has 1 aromatic carbocycles. The Morgan fingerprint density at radius 3 is 2.95 bits per heavy atom. The zero-order valence-corrected chi connectivity index (χ0v) is 13.0. The number of rotatable bonds is 4. The molecule has 1 heterocycles. The largest absolute Gasteiger partial charge is 0.461 e. The average molecular weight is 341 g/mol. The molecule has 0 aliphatic carbocycles. The van der Waals surface area contributed by atoms with Gasteiger partial charge in [-0.1, -0.05) is 15.9 Å². The Hall–Kier alpha value is -1.40. The predicted molar refractivity (Wildman–Crippen MR) is 80.2 cm³/mol. The topological polar surface area (TPSA) is 51.2 Å². The summed E-state index contributed by atoms with van der Waals surface area (Å²) in [6.45, 7) is 4.12. The Labute approximate surface area is 124 Å². The molecular formula is C13H13BrN2O2S. The van der Waals surface area contributed by atoms with E-state index in [0.717, 1.165) is 15.7 Å². The molecule has 19 heavy (non-hydrogen) atoms. The van der Waals surface area contributed by atoms with Crippen molar-refractivity contribution in [2.24, 2.45) is 0 Å². The lowest BCUT2D eigenvalue weighted by Crippen LogP contribution is -2.07. The summed E-state index contributed by atoms with van der Waals surface area (Å²) in [6, 6.07) is 5.96. The molecule has 6 heteroatoms. The second-order valence-corrected chi connectivity index (χ2v) is 5.66. The lowest BCUT2D eigenvalue weighted by Gasteiger charge is -2.07. The van der Waals surface area contributed by atoms with Gasteiger partial charge in [0, 0.05) is 10.2 Å². The van der Waals surface area contributed by atoms with E-state index in [1.54, 1.807) is 12.4 Å². The van der Waals surface area contributed by atoms with Crippen LogP contribution in [0.15, 0.2) is 28.2 Å². The molecule has 0 bridgehead atoms. The van der Waals surface area contributed by atoms with Gasteiger partial charge in [0.25, 0.3) is 0 Å². The highest BCUT2D eigenvalue weighted by molar-refractivity contribution is 9.10. The maximum absolute atomic E-state index is 11.7. The van der Waals surface area contributed by atoms with Gasteiger partial charge < -0.3 is 10.1 Å². The first-order chi connectivity index (χ1) is 9.10. The molecule has 2 aromatic rings. The highest BCUT2D eigenvalue weighted by Gasteiger charge is 2.16. The summed E-state index contributed by atoms with van der Waals surface area (Å²) in [7, 11) is 0. The van der Waals surface area contributed by atoms with E-state index in [0.29, 0.717) is 17.3 Å². The van der Waals surface area contributed by atoms with Crippen LogP contribution in [-0.2, 0) is 4.74 Å². The van der Waals surface area contributed by atoms with Crippen molar-refractivity contribution in [2.45, 2.75) is 13.8 Å². The summed E-state index contributed by atoms with van der Waals surface area (Å²) in [5.41, 5.74) is 3.98. The van der Waals surface area contributed by atoms with Crippen molar-refractivity contribution in [1.82, 2.24) is 4.98 Å². The molecule has 0 atom stereocenters. The number of esters is 1. The summed E-state index contributed by atoms with van der Waals surface area (Å²) < 4.78 is 5.95. The van der Waals surface area contributed by atoms with Gasteiger partial charge in [-0.3, -0.25) is 0 Å². The first kappa shape index (κ1) is 14.0. The quantitative estimate of drug-likeness (QED) is 0.850. The molecule has 0 aliphatic heterocycles. The highest BCUT2D eigenvalue weighted by atomic mass is 79.9. The minimum atomic E-state index is -0.405. The van der Waals surface area contributed by atoms with Crippen LogP contribution in [-0.4, -0.2) is 17.6 Å². The molecule has 1 N–H and O–H groups in total. The van der Waals surface area contributed by atoms with Gasteiger partial charge in [0.1, 0.15) is 5.00 Å². The second-order valence-electron chi connectivity index (χ2n) is 3.89. The molecule has 2 rings (SSSR count). The fraction of sp³-hybridized carbons (Fsp3) is 0.231. The summed E-state index contributed by atoms with van der Waals surface area (Å²) >= 11 is 4.82. The molecule has 0 unspecified atom stereocenters. The van der Waals surface area contributed by atoms with Gasteiger partial charge in [-0.05, 0) is 37.6 Å². The number of aryl methyl sites for hydroxylation is 1. The first-order valence-corrected chi connectivity index (χ1v) is 7.42. The van der Waals surface area contributed by atoms with Crippen molar-refractivity contribution in [2.75, 3.05) is 11.9 Å². The fourth-order valence-corrected chi connectivity index (χ4v) is 2.91. The van der Waals surface area contributed by atoms with Crippen LogP contribution in [0.25, 0.3) is 0 Å². The van der Waals surface area contributed by atoms with Gasteiger partial charge in [0.15, 0.2) is 5.69 Å². The third-order valence-electron chi connectivity index (χ3n) is 2.34. The summed E-state index contributed by atoms with van der Waals surface area (Å²) in [5.74, 6) is -0.405. The van der Waals surface area contributed by atoms with Crippen molar-refractivity contribution < 1.29 is 9.53 Å². The van der Waals surface area contributed by atoms with Crippen LogP contribution in [0, 0.1) is 6.92 Å². The number of halogens is 1. The van der Waals surface area contributed by atoms with E-state index in [9.17, 15) is 4.79 Å². The number of benzene rings is 1.